The minimum atomic E-state index is -4.69. The molecule has 0 saturated carbocycles. The van der Waals surface area contributed by atoms with Crippen molar-refractivity contribution < 1.29 is 17.9 Å². The fourth-order valence-corrected chi connectivity index (χ4v) is 3.87. The van der Waals surface area contributed by atoms with Crippen molar-refractivity contribution in [2.75, 3.05) is 25.5 Å². The van der Waals surface area contributed by atoms with Gasteiger partial charge in [0.2, 0.25) is 0 Å². The average Bonchev–Trinajstić information content (AvgIpc) is 3.17. The monoisotopic (exact) mass is 366 g/mol. The molecular weight excluding hydrogens is 345 g/mol. The molecule has 2 aromatic rings. The highest BCUT2D eigenvalue weighted by Gasteiger charge is 2.32. The van der Waals surface area contributed by atoms with E-state index in [1.54, 1.807) is 16.8 Å². The minimum Gasteiger partial charge on any atom is -0.406 e. The first-order chi connectivity index (χ1) is 12.4. The average molecular weight is 366 g/mol. The van der Waals surface area contributed by atoms with Gasteiger partial charge < -0.3 is 10.1 Å². The van der Waals surface area contributed by atoms with E-state index < -0.39 is 6.36 Å². The van der Waals surface area contributed by atoms with E-state index in [1.807, 2.05) is 0 Å². The number of hydrogen-bond acceptors (Lipinski definition) is 4. The van der Waals surface area contributed by atoms with Crippen LogP contribution in [0.2, 0.25) is 0 Å². The SMILES string of the molecule is CN1CCCCC1c1nn(-c2ccc(OC(F)(F)F)cc2)c2c1CCN2. The number of hydrogen-bond donors (Lipinski definition) is 1. The fraction of sp³-hybridized carbons (Fsp3) is 0.500. The number of alkyl halides is 3. The van der Waals surface area contributed by atoms with Crippen LogP contribution in [0.4, 0.5) is 19.0 Å². The van der Waals surface area contributed by atoms with E-state index in [0.29, 0.717) is 6.04 Å². The van der Waals surface area contributed by atoms with E-state index in [2.05, 4.69) is 22.0 Å². The largest absolute Gasteiger partial charge is 0.573 e. The summed E-state index contributed by atoms with van der Waals surface area (Å²) in [6.07, 6.45) is -0.292. The molecule has 8 heteroatoms. The van der Waals surface area contributed by atoms with Crippen LogP contribution in [0.15, 0.2) is 24.3 Å². The molecule has 5 nitrogen and oxygen atoms in total. The van der Waals surface area contributed by atoms with Crippen molar-refractivity contribution in [1.82, 2.24) is 14.7 Å². The van der Waals surface area contributed by atoms with Crippen molar-refractivity contribution in [2.45, 2.75) is 38.1 Å². The molecule has 1 unspecified atom stereocenters. The highest BCUT2D eigenvalue weighted by atomic mass is 19.4. The molecule has 1 atom stereocenters. The van der Waals surface area contributed by atoms with Gasteiger partial charge in [0.25, 0.3) is 0 Å². The number of piperidine rings is 1. The van der Waals surface area contributed by atoms with Crippen LogP contribution in [0.1, 0.15) is 36.6 Å². The smallest absolute Gasteiger partial charge is 0.406 e. The number of anilines is 1. The Hall–Kier alpha value is -2.22. The quantitative estimate of drug-likeness (QED) is 0.895. The molecule has 0 amide bonds. The molecule has 1 aromatic carbocycles. The van der Waals surface area contributed by atoms with Crippen LogP contribution in [0.25, 0.3) is 5.69 Å². The molecule has 1 saturated heterocycles. The van der Waals surface area contributed by atoms with Crippen molar-refractivity contribution in [3.63, 3.8) is 0 Å². The molecule has 1 aromatic heterocycles. The van der Waals surface area contributed by atoms with E-state index in [9.17, 15) is 13.2 Å². The maximum Gasteiger partial charge on any atom is 0.573 e. The second-order valence-electron chi connectivity index (χ2n) is 6.83. The van der Waals surface area contributed by atoms with Crippen molar-refractivity contribution in [3.05, 3.63) is 35.5 Å². The number of nitrogens with one attached hydrogen (secondary N) is 1. The number of ether oxygens (including phenoxy) is 1. The molecule has 4 rings (SSSR count). The van der Waals surface area contributed by atoms with Crippen molar-refractivity contribution in [2.24, 2.45) is 0 Å². The Balaban J connectivity index is 1.66. The maximum absolute atomic E-state index is 12.3. The zero-order valence-electron chi connectivity index (χ0n) is 14.5. The Morgan fingerprint density at radius 1 is 1.19 bits per heavy atom. The molecule has 3 heterocycles. The highest BCUT2D eigenvalue weighted by molar-refractivity contribution is 5.58. The van der Waals surface area contributed by atoms with Gasteiger partial charge in [0.15, 0.2) is 0 Å². The summed E-state index contributed by atoms with van der Waals surface area (Å²) in [7, 11) is 2.13. The third-order valence-corrected chi connectivity index (χ3v) is 5.08. The first-order valence-corrected chi connectivity index (χ1v) is 8.84. The Bertz CT molecular complexity index is 785. The molecule has 0 spiro atoms. The zero-order valence-corrected chi connectivity index (χ0v) is 14.5. The molecule has 0 bridgehead atoms. The van der Waals surface area contributed by atoms with E-state index in [-0.39, 0.29) is 5.75 Å². The zero-order chi connectivity index (χ0) is 18.3. The topological polar surface area (TPSA) is 42.3 Å². The number of halogens is 3. The summed E-state index contributed by atoms with van der Waals surface area (Å²) in [6.45, 7) is 1.91. The van der Waals surface area contributed by atoms with Crippen LogP contribution in [0.5, 0.6) is 5.75 Å². The van der Waals surface area contributed by atoms with E-state index in [1.165, 1.54) is 30.5 Å². The molecule has 1 N–H and O–H groups in total. The number of fused-ring (bicyclic) bond motifs is 1. The van der Waals surface area contributed by atoms with Gasteiger partial charge in [0.1, 0.15) is 11.6 Å². The van der Waals surface area contributed by atoms with Gasteiger partial charge in [-0.25, -0.2) is 4.68 Å². The summed E-state index contributed by atoms with van der Waals surface area (Å²) in [5.41, 5.74) is 3.03. The minimum absolute atomic E-state index is 0.231. The number of nitrogens with zero attached hydrogens (tertiary/aromatic N) is 3. The Morgan fingerprint density at radius 3 is 2.65 bits per heavy atom. The molecule has 26 heavy (non-hydrogen) atoms. The van der Waals surface area contributed by atoms with Gasteiger partial charge in [-0.2, -0.15) is 5.10 Å². The summed E-state index contributed by atoms with van der Waals surface area (Å²) in [4.78, 5) is 2.34. The first-order valence-electron chi connectivity index (χ1n) is 8.84. The predicted octanol–water partition coefficient (Wildman–Crippen LogP) is 3.90. The van der Waals surface area contributed by atoms with E-state index >= 15 is 0 Å². The predicted molar refractivity (Wildman–Crippen MR) is 91.7 cm³/mol. The molecule has 140 valence electrons. The number of rotatable bonds is 3. The number of benzene rings is 1. The summed E-state index contributed by atoms with van der Waals surface area (Å²) in [6, 6.07) is 6.13. The highest BCUT2D eigenvalue weighted by Crippen LogP contribution is 2.37. The lowest BCUT2D eigenvalue weighted by Crippen LogP contribution is -2.30. The Morgan fingerprint density at radius 2 is 1.96 bits per heavy atom. The molecule has 2 aliphatic rings. The van der Waals surface area contributed by atoms with Crippen LogP contribution in [0, 0.1) is 0 Å². The van der Waals surface area contributed by atoms with E-state index in [0.717, 1.165) is 43.1 Å². The van der Waals surface area contributed by atoms with Crippen LogP contribution >= 0.6 is 0 Å². The summed E-state index contributed by atoms with van der Waals surface area (Å²) >= 11 is 0. The number of likely N-dealkylation sites (tertiary alicyclic amines) is 1. The van der Waals surface area contributed by atoms with Crippen LogP contribution < -0.4 is 10.1 Å². The third-order valence-electron chi connectivity index (χ3n) is 5.08. The van der Waals surface area contributed by atoms with Crippen molar-refractivity contribution >= 4 is 5.82 Å². The molecule has 1 fully saturated rings. The lowest BCUT2D eigenvalue weighted by Gasteiger charge is -2.31. The van der Waals surface area contributed by atoms with Crippen LogP contribution in [-0.4, -0.2) is 41.2 Å². The van der Waals surface area contributed by atoms with Gasteiger partial charge in [-0.3, -0.25) is 4.90 Å². The Labute approximate surface area is 149 Å². The summed E-state index contributed by atoms with van der Waals surface area (Å²) in [5, 5.41) is 8.19. The van der Waals surface area contributed by atoms with Crippen LogP contribution in [0.3, 0.4) is 0 Å². The molecule has 2 aliphatic heterocycles. The first kappa shape index (κ1) is 17.2. The second-order valence-corrected chi connectivity index (χ2v) is 6.83. The van der Waals surface area contributed by atoms with Crippen LogP contribution in [-0.2, 0) is 6.42 Å². The molecule has 0 aliphatic carbocycles. The van der Waals surface area contributed by atoms with Gasteiger partial charge >= 0.3 is 6.36 Å². The fourth-order valence-electron chi connectivity index (χ4n) is 3.87. The molecule has 0 radical (unpaired) electrons. The summed E-state index contributed by atoms with van der Waals surface area (Å²) in [5.74, 6) is 0.716. The standard InChI is InChI=1S/C18H21F3N4O/c1-24-11-3-2-4-15(24)16-14-9-10-22-17(14)25(23-16)12-5-7-13(8-6-12)26-18(19,20)21/h5-8,15,22H,2-4,9-11H2,1H3. The molecular formula is C18H21F3N4O. The lowest BCUT2D eigenvalue weighted by molar-refractivity contribution is -0.274. The lowest BCUT2D eigenvalue weighted by atomic mass is 9.97. The van der Waals surface area contributed by atoms with Crippen molar-refractivity contribution in [1.29, 1.82) is 0 Å². The maximum atomic E-state index is 12.3. The van der Waals surface area contributed by atoms with Gasteiger partial charge in [0, 0.05) is 12.1 Å². The number of aromatic nitrogens is 2. The second kappa shape index (κ2) is 6.50. The Kier molecular flexibility index (Phi) is 4.30. The third kappa shape index (κ3) is 3.25. The van der Waals surface area contributed by atoms with Gasteiger partial charge in [0.05, 0.1) is 17.4 Å². The summed E-state index contributed by atoms with van der Waals surface area (Å²) < 4.78 is 42.8. The van der Waals surface area contributed by atoms with Gasteiger partial charge in [-0.15, -0.1) is 13.2 Å². The normalized spacial score (nSPS) is 20.7. The van der Waals surface area contributed by atoms with Gasteiger partial charge in [-0.1, -0.05) is 6.42 Å². The van der Waals surface area contributed by atoms with Gasteiger partial charge in [-0.05, 0) is 57.1 Å². The van der Waals surface area contributed by atoms with E-state index in [4.69, 9.17) is 5.10 Å². The van der Waals surface area contributed by atoms with Crippen molar-refractivity contribution in [3.8, 4) is 11.4 Å².